The summed E-state index contributed by atoms with van der Waals surface area (Å²) in [6.45, 7) is 2.48. The molecule has 1 saturated heterocycles. The molecule has 0 aromatic heterocycles. The molecule has 4 aliphatic carbocycles. The van der Waals surface area contributed by atoms with Crippen LogP contribution < -0.4 is 16.4 Å². The van der Waals surface area contributed by atoms with E-state index in [1.807, 2.05) is 24.3 Å². The van der Waals surface area contributed by atoms with Crippen molar-refractivity contribution >= 4 is 23.4 Å². The van der Waals surface area contributed by atoms with E-state index in [-0.39, 0.29) is 35.6 Å². The van der Waals surface area contributed by atoms with Gasteiger partial charge in [0.25, 0.3) is 0 Å². The third-order valence-corrected chi connectivity index (χ3v) is 8.75. The van der Waals surface area contributed by atoms with Gasteiger partial charge in [-0.05, 0) is 105 Å². The quantitative estimate of drug-likeness (QED) is 0.548. The van der Waals surface area contributed by atoms with Crippen LogP contribution in [0.1, 0.15) is 63.4 Å². The van der Waals surface area contributed by atoms with Gasteiger partial charge in [-0.2, -0.15) is 0 Å². The summed E-state index contributed by atoms with van der Waals surface area (Å²) in [7, 11) is 0. The van der Waals surface area contributed by atoms with Crippen LogP contribution in [-0.2, 0) is 20.9 Å². The number of benzene rings is 1. The Morgan fingerprint density at radius 3 is 2.24 bits per heavy atom. The Balaban J connectivity index is 1.07. The highest BCUT2D eigenvalue weighted by Crippen LogP contribution is 2.61. The van der Waals surface area contributed by atoms with Gasteiger partial charge in [-0.25, -0.2) is 0 Å². The maximum Gasteiger partial charge on any atom is 0.243 e. The third-order valence-electron chi connectivity index (χ3n) is 8.75. The van der Waals surface area contributed by atoms with Gasteiger partial charge >= 0.3 is 0 Å². The maximum atomic E-state index is 12.7. The van der Waals surface area contributed by atoms with Crippen molar-refractivity contribution in [1.82, 2.24) is 10.2 Å². The number of anilines is 1. The minimum absolute atomic E-state index is 0.00998. The summed E-state index contributed by atoms with van der Waals surface area (Å²) in [5, 5.41) is 5.80. The Morgan fingerprint density at radius 2 is 1.62 bits per heavy atom. The molecule has 184 valence electrons. The molecule has 6 rings (SSSR count). The zero-order valence-electron chi connectivity index (χ0n) is 20.1. The molecule has 4 N–H and O–H groups in total. The van der Waals surface area contributed by atoms with Crippen molar-refractivity contribution in [2.75, 3.05) is 25.0 Å². The SMILES string of the molecule is NC(=O)C1CCN(Cc2cccc(NC(=O)CNC(=O)CC34CC5CC(CC(C5)C3)C4)c2)CC1. The fourth-order valence-electron chi connectivity index (χ4n) is 7.67. The first kappa shape index (κ1) is 23.3. The lowest BCUT2D eigenvalue weighted by molar-refractivity contribution is -0.131. The van der Waals surface area contributed by atoms with Crippen LogP contribution in [0.4, 0.5) is 5.69 Å². The molecule has 1 aromatic rings. The van der Waals surface area contributed by atoms with E-state index in [0.717, 1.165) is 61.5 Å². The topological polar surface area (TPSA) is 105 Å². The number of amides is 3. The van der Waals surface area contributed by atoms with E-state index < -0.39 is 0 Å². The fourth-order valence-corrected chi connectivity index (χ4v) is 7.67. The highest BCUT2D eigenvalue weighted by Gasteiger charge is 2.51. The minimum Gasteiger partial charge on any atom is -0.369 e. The van der Waals surface area contributed by atoms with E-state index in [1.165, 1.54) is 38.5 Å². The molecule has 0 unspecified atom stereocenters. The number of nitrogens with zero attached hydrogens (tertiary/aromatic N) is 1. The Morgan fingerprint density at radius 1 is 0.971 bits per heavy atom. The van der Waals surface area contributed by atoms with Gasteiger partial charge in [-0.1, -0.05) is 12.1 Å². The lowest BCUT2D eigenvalue weighted by Crippen LogP contribution is -2.48. The zero-order valence-corrected chi connectivity index (χ0v) is 20.1. The Kier molecular flexibility index (Phi) is 6.65. The average Bonchev–Trinajstić information content (AvgIpc) is 2.77. The van der Waals surface area contributed by atoms with Crippen molar-refractivity contribution in [3.63, 3.8) is 0 Å². The number of nitrogens with one attached hydrogen (secondary N) is 2. The van der Waals surface area contributed by atoms with Crippen molar-refractivity contribution < 1.29 is 14.4 Å². The lowest BCUT2D eigenvalue weighted by atomic mass is 9.49. The summed E-state index contributed by atoms with van der Waals surface area (Å²) < 4.78 is 0. The summed E-state index contributed by atoms with van der Waals surface area (Å²) in [6, 6.07) is 7.84. The monoisotopic (exact) mass is 466 g/mol. The van der Waals surface area contributed by atoms with Crippen LogP contribution in [0.2, 0.25) is 0 Å². The van der Waals surface area contributed by atoms with Crippen LogP contribution in [0, 0.1) is 29.1 Å². The van der Waals surface area contributed by atoms with Gasteiger partial charge < -0.3 is 16.4 Å². The van der Waals surface area contributed by atoms with E-state index in [9.17, 15) is 14.4 Å². The van der Waals surface area contributed by atoms with Crippen LogP contribution in [0.15, 0.2) is 24.3 Å². The number of piperidine rings is 1. The van der Waals surface area contributed by atoms with E-state index in [1.54, 1.807) is 0 Å². The summed E-state index contributed by atoms with van der Waals surface area (Å²) in [4.78, 5) is 38.9. The molecule has 3 amide bonds. The van der Waals surface area contributed by atoms with Gasteiger partial charge in [0.15, 0.2) is 0 Å². The number of carbonyl (C=O) groups is 3. The zero-order chi connectivity index (χ0) is 23.7. The number of hydrogen-bond donors (Lipinski definition) is 3. The molecular weight excluding hydrogens is 428 g/mol. The molecule has 0 spiro atoms. The molecule has 7 nitrogen and oxygen atoms in total. The molecule has 1 heterocycles. The van der Waals surface area contributed by atoms with Crippen molar-refractivity contribution in [2.24, 2.45) is 34.8 Å². The van der Waals surface area contributed by atoms with Crippen molar-refractivity contribution in [3.8, 4) is 0 Å². The Bertz CT molecular complexity index is 902. The van der Waals surface area contributed by atoms with E-state index >= 15 is 0 Å². The first-order chi connectivity index (χ1) is 16.4. The second-order valence-corrected chi connectivity index (χ2v) is 11.6. The van der Waals surface area contributed by atoms with Crippen LogP contribution >= 0.6 is 0 Å². The summed E-state index contributed by atoms with van der Waals surface area (Å²) in [5.74, 6) is 2.08. The number of likely N-dealkylation sites (tertiary alicyclic amines) is 1. The van der Waals surface area contributed by atoms with Gasteiger partial charge in [0.2, 0.25) is 17.7 Å². The van der Waals surface area contributed by atoms with E-state index in [2.05, 4.69) is 15.5 Å². The predicted octanol–water partition coefficient (Wildman–Crippen LogP) is 3.05. The van der Waals surface area contributed by atoms with Gasteiger partial charge in [0.1, 0.15) is 0 Å². The second-order valence-electron chi connectivity index (χ2n) is 11.6. The minimum atomic E-state index is -0.200. The third kappa shape index (κ3) is 5.45. The maximum absolute atomic E-state index is 12.7. The molecule has 4 saturated carbocycles. The van der Waals surface area contributed by atoms with Gasteiger partial charge in [-0.3, -0.25) is 19.3 Å². The molecule has 1 aliphatic heterocycles. The lowest BCUT2D eigenvalue weighted by Gasteiger charge is -2.56. The van der Waals surface area contributed by atoms with Crippen molar-refractivity contribution in [2.45, 2.75) is 64.3 Å². The second kappa shape index (κ2) is 9.68. The average molecular weight is 467 g/mol. The highest BCUT2D eigenvalue weighted by molar-refractivity contribution is 5.94. The molecule has 34 heavy (non-hydrogen) atoms. The number of rotatable bonds is 8. The molecule has 5 aliphatic rings. The number of hydrogen-bond acceptors (Lipinski definition) is 4. The molecule has 0 atom stereocenters. The molecule has 7 heteroatoms. The summed E-state index contributed by atoms with van der Waals surface area (Å²) in [5.41, 5.74) is 7.47. The largest absolute Gasteiger partial charge is 0.369 e. The number of carbonyl (C=O) groups excluding carboxylic acids is 3. The normalized spacial score (nSPS) is 30.8. The standard InChI is InChI=1S/C27H38N4O3/c28-26(34)22-4-6-31(7-5-22)17-18-2-1-3-23(11-18)30-25(33)16-29-24(32)15-27-12-19-8-20(13-27)10-21(9-19)14-27/h1-3,11,19-22H,4-10,12-17H2,(H2,28,34)(H,29,32)(H,30,33). The fraction of sp³-hybridized carbons (Fsp3) is 0.667. The summed E-state index contributed by atoms with van der Waals surface area (Å²) >= 11 is 0. The van der Waals surface area contributed by atoms with Crippen LogP contribution in [-0.4, -0.2) is 42.3 Å². The highest BCUT2D eigenvalue weighted by atomic mass is 16.2. The first-order valence-electron chi connectivity index (χ1n) is 13.0. The molecule has 4 bridgehead atoms. The van der Waals surface area contributed by atoms with Crippen molar-refractivity contribution in [3.05, 3.63) is 29.8 Å². The van der Waals surface area contributed by atoms with Gasteiger partial charge in [-0.15, -0.1) is 0 Å². The Labute approximate surface area is 202 Å². The van der Waals surface area contributed by atoms with E-state index in [0.29, 0.717) is 6.42 Å². The van der Waals surface area contributed by atoms with Crippen LogP contribution in [0.3, 0.4) is 0 Å². The molecular formula is C27H38N4O3. The smallest absolute Gasteiger partial charge is 0.243 e. The predicted molar refractivity (Wildman–Crippen MR) is 130 cm³/mol. The number of primary amides is 1. The molecule has 0 radical (unpaired) electrons. The first-order valence-corrected chi connectivity index (χ1v) is 13.0. The van der Waals surface area contributed by atoms with E-state index in [4.69, 9.17) is 5.73 Å². The van der Waals surface area contributed by atoms with Gasteiger partial charge in [0.05, 0.1) is 6.54 Å². The van der Waals surface area contributed by atoms with Crippen LogP contribution in [0.5, 0.6) is 0 Å². The molecule has 1 aromatic carbocycles. The molecule has 5 fully saturated rings. The summed E-state index contributed by atoms with van der Waals surface area (Å²) in [6.07, 6.45) is 9.88. The van der Waals surface area contributed by atoms with Gasteiger partial charge in [0, 0.05) is 24.6 Å². The number of nitrogens with two attached hydrogens (primary N) is 1. The Hall–Kier alpha value is -2.41. The van der Waals surface area contributed by atoms with Crippen LogP contribution in [0.25, 0.3) is 0 Å². The van der Waals surface area contributed by atoms with Crippen molar-refractivity contribution in [1.29, 1.82) is 0 Å².